The van der Waals surface area contributed by atoms with Gasteiger partial charge in [0.1, 0.15) is 5.82 Å². The van der Waals surface area contributed by atoms with Crippen LogP contribution in [-0.2, 0) is 6.54 Å². The molecular weight excluding hydrogens is 275 g/mol. The summed E-state index contributed by atoms with van der Waals surface area (Å²) in [5.74, 6) is -1.46. The largest absolute Gasteiger partial charge is 0.478 e. The Bertz CT molecular complexity index is 895. The van der Waals surface area contributed by atoms with Crippen LogP contribution in [0.25, 0.3) is 11.0 Å². The van der Waals surface area contributed by atoms with Crippen molar-refractivity contribution in [2.45, 2.75) is 6.54 Å². The highest BCUT2D eigenvalue weighted by Crippen LogP contribution is 2.15. The van der Waals surface area contributed by atoms with Gasteiger partial charge in [0, 0.05) is 5.56 Å². The first-order chi connectivity index (χ1) is 10.1. The highest BCUT2D eigenvalue weighted by Gasteiger charge is 2.11. The normalized spacial score (nSPS) is 10.9. The van der Waals surface area contributed by atoms with E-state index in [-0.39, 0.29) is 17.9 Å². The average Bonchev–Trinajstić information content (AvgIpc) is 2.76. The first-order valence-corrected chi connectivity index (χ1v) is 6.25. The minimum absolute atomic E-state index is 0.0813. The summed E-state index contributed by atoms with van der Waals surface area (Å²) < 4.78 is 15.1. The van der Waals surface area contributed by atoms with E-state index in [4.69, 9.17) is 5.11 Å². The van der Waals surface area contributed by atoms with Crippen LogP contribution in [0, 0.1) is 5.82 Å². The zero-order chi connectivity index (χ0) is 15.0. The lowest BCUT2D eigenvalue weighted by molar-refractivity contribution is 0.0697. The van der Waals surface area contributed by atoms with E-state index in [0.29, 0.717) is 16.6 Å². The average molecular weight is 286 g/mol. The fourth-order valence-electron chi connectivity index (χ4n) is 2.25. The number of fused-ring (bicyclic) bond motifs is 1. The van der Waals surface area contributed by atoms with Crippen LogP contribution in [0.2, 0.25) is 0 Å². The molecule has 2 N–H and O–H groups in total. The molecule has 3 aromatic rings. The highest BCUT2D eigenvalue weighted by molar-refractivity contribution is 5.92. The SMILES string of the molecule is O=C(O)c1ccc2c(c1)[nH]c(=O)n2Cc1ccccc1F. The number of hydrogen-bond acceptors (Lipinski definition) is 2. The number of benzene rings is 2. The predicted molar refractivity (Wildman–Crippen MR) is 75.0 cm³/mol. The predicted octanol–water partition coefficient (Wildman–Crippen LogP) is 2.22. The number of aromatic nitrogens is 2. The van der Waals surface area contributed by atoms with Gasteiger partial charge in [-0.3, -0.25) is 4.57 Å². The van der Waals surface area contributed by atoms with Crippen LogP contribution in [0.15, 0.2) is 47.3 Å². The van der Waals surface area contributed by atoms with Crippen LogP contribution in [-0.4, -0.2) is 20.6 Å². The minimum Gasteiger partial charge on any atom is -0.478 e. The Balaban J connectivity index is 2.11. The molecule has 1 aromatic heterocycles. The second-order valence-corrected chi connectivity index (χ2v) is 4.64. The van der Waals surface area contributed by atoms with Crippen molar-refractivity contribution in [1.82, 2.24) is 9.55 Å². The van der Waals surface area contributed by atoms with E-state index < -0.39 is 11.7 Å². The molecule has 2 aromatic carbocycles. The first kappa shape index (κ1) is 13.1. The number of carboxylic acid groups (broad SMARTS) is 1. The molecule has 106 valence electrons. The minimum atomic E-state index is -1.07. The molecule has 1 heterocycles. The third-order valence-corrected chi connectivity index (χ3v) is 3.31. The second kappa shape index (κ2) is 4.90. The summed E-state index contributed by atoms with van der Waals surface area (Å²) in [6.07, 6.45) is 0. The van der Waals surface area contributed by atoms with Gasteiger partial charge in [-0.05, 0) is 24.3 Å². The third kappa shape index (κ3) is 2.31. The van der Waals surface area contributed by atoms with Crippen molar-refractivity contribution in [3.63, 3.8) is 0 Å². The smallest absolute Gasteiger partial charge is 0.335 e. The van der Waals surface area contributed by atoms with Crippen molar-refractivity contribution in [2.24, 2.45) is 0 Å². The summed E-state index contributed by atoms with van der Waals surface area (Å²) in [7, 11) is 0. The fraction of sp³-hybridized carbons (Fsp3) is 0.0667. The molecule has 0 bridgehead atoms. The summed E-state index contributed by atoms with van der Waals surface area (Å²) >= 11 is 0. The van der Waals surface area contributed by atoms with Gasteiger partial charge in [0.15, 0.2) is 0 Å². The van der Waals surface area contributed by atoms with Gasteiger partial charge >= 0.3 is 11.7 Å². The van der Waals surface area contributed by atoms with Crippen molar-refractivity contribution in [3.05, 3.63) is 69.9 Å². The molecule has 21 heavy (non-hydrogen) atoms. The van der Waals surface area contributed by atoms with Crippen LogP contribution >= 0.6 is 0 Å². The Kier molecular flexibility index (Phi) is 3.06. The Morgan fingerprint density at radius 2 is 2.00 bits per heavy atom. The van der Waals surface area contributed by atoms with Gasteiger partial charge in [0.25, 0.3) is 0 Å². The molecule has 6 heteroatoms. The number of aromatic carboxylic acids is 1. The number of imidazole rings is 1. The molecule has 3 rings (SSSR count). The number of rotatable bonds is 3. The summed E-state index contributed by atoms with van der Waals surface area (Å²) in [4.78, 5) is 25.5. The zero-order valence-corrected chi connectivity index (χ0v) is 10.8. The molecular formula is C15H11FN2O3. The molecule has 0 aliphatic carbocycles. The van der Waals surface area contributed by atoms with E-state index in [2.05, 4.69) is 4.98 Å². The lowest BCUT2D eigenvalue weighted by Crippen LogP contribution is -2.17. The number of halogens is 1. The van der Waals surface area contributed by atoms with Crippen LogP contribution in [0.3, 0.4) is 0 Å². The van der Waals surface area contributed by atoms with Crippen LogP contribution < -0.4 is 5.69 Å². The standard InChI is InChI=1S/C15H11FN2O3/c16-11-4-2-1-3-10(11)8-18-13-6-5-9(14(19)20)7-12(13)17-15(18)21/h1-7H,8H2,(H,17,21)(H,19,20). The summed E-state index contributed by atoms with van der Waals surface area (Å²) in [5, 5.41) is 8.94. The van der Waals surface area contributed by atoms with Gasteiger partial charge in [-0.15, -0.1) is 0 Å². The molecule has 0 aliphatic heterocycles. The van der Waals surface area contributed by atoms with Crippen molar-refractivity contribution in [2.75, 3.05) is 0 Å². The number of carboxylic acids is 1. The lowest BCUT2D eigenvalue weighted by atomic mass is 10.2. The van der Waals surface area contributed by atoms with Crippen molar-refractivity contribution < 1.29 is 14.3 Å². The zero-order valence-electron chi connectivity index (χ0n) is 10.8. The first-order valence-electron chi connectivity index (χ1n) is 6.25. The molecule has 0 unspecified atom stereocenters. The molecule has 0 saturated heterocycles. The van der Waals surface area contributed by atoms with E-state index in [1.165, 1.54) is 28.8 Å². The molecule has 0 radical (unpaired) electrons. The maximum atomic E-state index is 13.7. The Morgan fingerprint density at radius 1 is 1.24 bits per heavy atom. The van der Waals surface area contributed by atoms with Crippen molar-refractivity contribution >= 4 is 17.0 Å². The number of nitrogens with zero attached hydrogens (tertiary/aromatic N) is 1. The van der Waals surface area contributed by atoms with Crippen molar-refractivity contribution in [3.8, 4) is 0 Å². The third-order valence-electron chi connectivity index (χ3n) is 3.31. The van der Waals surface area contributed by atoms with Crippen LogP contribution in [0.5, 0.6) is 0 Å². The Hall–Kier alpha value is -2.89. The number of H-pyrrole nitrogens is 1. The van der Waals surface area contributed by atoms with Gasteiger partial charge < -0.3 is 10.1 Å². The summed E-state index contributed by atoms with van der Waals surface area (Å²) in [6, 6.07) is 10.5. The summed E-state index contributed by atoms with van der Waals surface area (Å²) in [6.45, 7) is 0.0813. The Morgan fingerprint density at radius 3 is 2.71 bits per heavy atom. The molecule has 0 amide bonds. The van der Waals surface area contributed by atoms with E-state index in [1.54, 1.807) is 18.2 Å². The molecule has 0 spiro atoms. The second-order valence-electron chi connectivity index (χ2n) is 4.64. The quantitative estimate of drug-likeness (QED) is 0.775. The lowest BCUT2D eigenvalue weighted by Gasteiger charge is -2.05. The van der Waals surface area contributed by atoms with Gasteiger partial charge in [-0.1, -0.05) is 18.2 Å². The molecule has 0 aliphatic rings. The van der Waals surface area contributed by atoms with Gasteiger partial charge in [0.2, 0.25) is 0 Å². The number of nitrogens with one attached hydrogen (secondary N) is 1. The number of aromatic amines is 1. The van der Waals surface area contributed by atoms with Crippen LogP contribution in [0.4, 0.5) is 4.39 Å². The van der Waals surface area contributed by atoms with E-state index in [0.717, 1.165) is 0 Å². The van der Waals surface area contributed by atoms with E-state index in [1.807, 2.05) is 0 Å². The summed E-state index contributed by atoms with van der Waals surface area (Å²) in [5.41, 5.74) is 1.02. The van der Waals surface area contributed by atoms with Gasteiger partial charge in [-0.25, -0.2) is 14.0 Å². The molecule has 0 saturated carbocycles. The maximum absolute atomic E-state index is 13.7. The maximum Gasteiger partial charge on any atom is 0.335 e. The molecule has 5 nitrogen and oxygen atoms in total. The number of hydrogen-bond donors (Lipinski definition) is 2. The van der Waals surface area contributed by atoms with Gasteiger partial charge in [0.05, 0.1) is 23.1 Å². The number of carbonyl (C=O) groups is 1. The van der Waals surface area contributed by atoms with E-state index >= 15 is 0 Å². The van der Waals surface area contributed by atoms with Gasteiger partial charge in [-0.2, -0.15) is 0 Å². The highest BCUT2D eigenvalue weighted by atomic mass is 19.1. The Labute approximate surface area is 118 Å². The topological polar surface area (TPSA) is 75.1 Å². The molecule has 0 atom stereocenters. The van der Waals surface area contributed by atoms with Crippen LogP contribution in [0.1, 0.15) is 15.9 Å². The van der Waals surface area contributed by atoms with Crippen molar-refractivity contribution in [1.29, 1.82) is 0 Å². The van der Waals surface area contributed by atoms with E-state index in [9.17, 15) is 14.0 Å². The monoisotopic (exact) mass is 286 g/mol. The molecule has 0 fully saturated rings. The fourth-order valence-corrected chi connectivity index (χ4v) is 2.25.